The summed E-state index contributed by atoms with van der Waals surface area (Å²) in [7, 11) is 0. The van der Waals surface area contributed by atoms with Gasteiger partial charge in [0.2, 0.25) is 6.10 Å². The summed E-state index contributed by atoms with van der Waals surface area (Å²) in [6, 6.07) is 25.4. The highest BCUT2D eigenvalue weighted by atomic mass is 35.5. The van der Waals surface area contributed by atoms with Crippen molar-refractivity contribution < 1.29 is 27.5 Å². The van der Waals surface area contributed by atoms with Crippen molar-refractivity contribution in [2.75, 3.05) is 5.32 Å². The van der Waals surface area contributed by atoms with Crippen molar-refractivity contribution in [1.29, 1.82) is 0 Å². The van der Waals surface area contributed by atoms with Gasteiger partial charge < -0.3 is 10.1 Å². The molecule has 37 heavy (non-hydrogen) atoms. The minimum atomic E-state index is -4.76. The van der Waals surface area contributed by atoms with Crippen molar-refractivity contribution >= 4 is 29.2 Å². The molecular formula is C29H21ClF3NO3. The maximum atomic E-state index is 13.6. The van der Waals surface area contributed by atoms with Crippen LogP contribution in [-0.4, -0.2) is 11.9 Å². The third-order valence-corrected chi connectivity index (χ3v) is 5.85. The van der Waals surface area contributed by atoms with Crippen molar-refractivity contribution in [2.24, 2.45) is 0 Å². The van der Waals surface area contributed by atoms with Gasteiger partial charge in [0.15, 0.2) is 0 Å². The number of alkyl halides is 3. The predicted octanol–water partition coefficient (Wildman–Crippen LogP) is 7.87. The second-order valence-electron chi connectivity index (χ2n) is 8.28. The number of carbonyl (C=O) groups excluding carboxylic acids is 2. The average Bonchev–Trinajstić information content (AvgIpc) is 2.88. The van der Waals surface area contributed by atoms with E-state index in [1.54, 1.807) is 54.6 Å². The highest BCUT2D eigenvalue weighted by molar-refractivity contribution is 6.30. The number of esters is 1. The lowest BCUT2D eigenvalue weighted by Gasteiger charge is -2.21. The van der Waals surface area contributed by atoms with Crippen LogP contribution < -0.4 is 5.32 Å². The number of halogens is 4. The van der Waals surface area contributed by atoms with E-state index in [0.717, 1.165) is 23.3 Å². The van der Waals surface area contributed by atoms with Gasteiger partial charge in [-0.15, -0.1) is 0 Å². The van der Waals surface area contributed by atoms with Crippen LogP contribution >= 0.6 is 11.6 Å². The van der Waals surface area contributed by atoms with Crippen LogP contribution in [-0.2, 0) is 15.7 Å². The molecule has 0 aromatic heterocycles. The molecule has 4 nitrogen and oxygen atoms in total. The Morgan fingerprint density at radius 1 is 0.865 bits per heavy atom. The van der Waals surface area contributed by atoms with E-state index in [4.69, 9.17) is 16.3 Å². The molecule has 8 heteroatoms. The van der Waals surface area contributed by atoms with Crippen molar-refractivity contribution in [3.8, 4) is 11.1 Å². The maximum Gasteiger partial charge on any atom is 0.418 e. The Hall–Kier alpha value is -4.10. The summed E-state index contributed by atoms with van der Waals surface area (Å²) in [5.74, 6) is -1.74. The van der Waals surface area contributed by atoms with Gasteiger partial charge in [-0.25, -0.2) is 4.79 Å². The number of carbonyl (C=O) groups is 2. The van der Waals surface area contributed by atoms with Gasteiger partial charge in [-0.2, -0.15) is 13.2 Å². The monoisotopic (exact) mass is 523 g/mol. The van der Waals surface area contributed by atoms with Crippen LogP contribution in [0.3, 0.4) is 0 Å². The molecule has 0 aliphatic rings. The molecule has 0 unspecified atom stereocenters. The number of amides is 1. The van der Waals surface area contributed by atoms with Gasteiger partial charge in [0, 0.05) is 10.6 Å². The number of rotatable bonds is 6. The molecule has 1 amide bonds. The molecule has 4 rings (SSSR count). The van der Waals surface area contributed by atoms with E-state index in [9.17, 15) is 22.8 Å². The van der Waals surface area contributed by atoms with Crippen molar-refractivity contribution in [3.63, 3.8) is 0 Å². The normalized spacial score (nSPS) is 12.0. The summed E-state index contributed by atoms with van der Waals surface area (Å²) >= 11 is 5.75. The van der Waals surface area contributed by atoms with Crippen molar-refractivity contribution in [2.45, 2.75) is 19.2 Å². The van der Waals surface area contributed by atoms with Crippen LogP contribution in [0.1, 0.15) is 33.2 Å². The fraction of sp³-hybridized carbons (Fsp3) is 0.103. The standard InChI is InChI=1S/C29H21ClF3NO3/c1-18-11-13-19(14-12-18)22-9-5-6-10-23(22)28(36)37-26(20-7-3-2-4-8-20)27(35)34-25-16-15-21(30)17-24(25)29(31,32)33/h2-17,26H,1H3,(H,34,35)/t26-/m1/s1. The zero-order valence-corrected chi connectivity index (χ0v) is 20.3. The second kappa shape index (κ2) is 10.9. The van der Waals surface area contributed by atoms with Crippen LogP contribution in [0.4, 0.5) is 18.9 Å². The number of aryl methyl sites for hydroxylation is 1. The Morgan fingerprint density at radius 2 is 1.51 bits per heavy atom. The first-order chi connectivity index (χ1) is 17.6. The fourth-order valence-corrected chi connectivity index (χ4v) is 3.95. The topological polar surface area (TPSA) is 55.4 Å². The summed E-state index contributed by atoms with van der Waals surface area (Å²) in [5.41, 5.74) is 1.30. The van der Waals surface area contributed by atoms with Crippen LogP contribution in [0.25, 0.3) is 11.1 Å². The van der Waals surface area contributed by atoms with Crippen LogP contribution in [0.5, 0.6) is 0 Å². The fourth-order valence-electron chi connectivity index (χ4n) is 3.78. The lowest BCUT2D eigenvalue weighted by atomic mass is 9.99. The first-order valence-corrected chi connectivity index (χ1v) is 11.6. The number of hydrogen-bond acceptors (Lipinski definition) is 3. The van der Waals surface area contributed by atoms with Crippen LogP contribution in [0.15, 0.2) is 97.1 Å². The second-order valence-corrected chi connectivity index (χ2v) is 8.72. The average molecular weight is 524 g/mol. The lowest BCUT2D eigenvalue weighted by Crippen LogP contribution is -2.27. The third kappa shape index (κ3) is 6.19. The zero-order valence-electron chi connectivity index (χ0n) is 19.6. The van der Waals surface area contributed by atoms with Gasteiger partial charge in [-0.05, 0) is 42.3 Å². The largest absolute Gasteiger partial charge is 0.444 e. The molecule has 4 aromatic rings. The molecule has 4 aromatic carbocycles. The molecule has 0 spiro atoms. The van der Waals surface area contributed by atoms with E-state index in [1.165, 1.54) is 6.07 Å². The molecule has 1 atom stereocenters. The summed E-state index contributed by atoms with van der Waals surface area (Å²) < 4.78 is 46.3. The van der Waals surface area contributed by atoms with E-state index in [1.807, 2.05) is 31.2 Å². The van der Waals surface area contributed by atoms with Crippen LogP contribution in [0, 0.1) is 6.92 Å². The SMILES string of the molecule is Cc1ccc(-c2ccccc2C(=O)O[C@@H](C(=O)Nc2ccc(Cl)cc2C(F)(F)F)c2ccccc2)cc1. The molecule has 0 fully saturated rings. The molecule has 0 radical (unpaired) electrons. The van der Waals surface area contributed by atoms with Crippen LogP contribution in [0.2, 0.25) is 5.02 Å². The minimum Gasteiger partial charge on any atom is -0.444 e. The molecule has 1 N–H and O–H groups in total. The number of hydrogen-bond donors (Lipinski definition) is 1. The van der Waals surface area contributed by atoms with Gasteiger partial charge in [-0.1, -0.05) is 90.0 Å². The van der Waals surface area contributed by atoms with E-state index in [-0.39, 0.29) is 10.6 Å². The first kappa shape index (κ1) is 26.0. The number of ether oxygens (including phenoxy) is 1. The van der Waals surface area contributed by atoms with E-state index >= 15 is 0 Å². The summed E-state index contributed by atoms with van der Waals surface area (Å²) in [6.45, 7) is 1.94. The molecule has 0 bridgehead atoms. The predicted molar refractivity (Wildman–Crippen MR) is 136 cm³/mol. The van der Waals surface area contributed by atoms with E-state index < -0.39 is 35.4 Å². The first-order valence-electron chi connectivity index (χ1n) is 11.2. The Kier molecular flexibility index (Phi) is 7.64. The quantitative estimate of drug-likeness (QED) is 0.262. The minimum absolute atomic E-state index is 0.135. The number of anilines is 1. The Labute approximate surface area is 216 Å². The Balaban J connectivity index is 1.67. The van der Waals surface area contributed by atoms with Gasteiger partial charge in [0.1, 0.15) is 0 Å². The Bertz CT molecular complexity index is 1420. The highest BCUT2D eigenvalue weighted by Crippen LogP contribution is 2.37. The van der Waals surface area contributed by atoms with E-state index in [2.05, 4.69) is 5.32 Å². The summed E-state index contributed by atoms with van der Waals surface area (Å²) in [6.07, 6.45) is -6.28. The Morgan fingerprint density at radius 3 is 2.19 bits per heavy atom. The van der Waals surface area contributed by atoms with Gasteiger partial charge in [0.25, 0.3) is 5.91 Å². The van der Waals surface area contributed by atoms with Gasteiger partial charge >= 0.3 is 12.1 Å². The van der Waals surface area contributed by atoms with Crippen molar-refractivity contribution in [3.05, 3.63) is 124 Å². The zero-order chi connectivity index (χ0) is 26.6. The highest BCUT2D eigenvalue weighted by Gasteiger charge is 2.35. The van der Waals surface area contributed by atoms with Gasteiger partial charge in [0.05, 0.1) is 16.8 Å². The maximum absolute atomic E-state index is 13.6. The molecule has 0 saturated carbocycles. The molecule has 0 heterocycles. The number of benzene rings is 4. The van der Waals surface area contributed by atoms with E-state index in [0.29, 0.717) is 11.1 Å². The molecule has 188 valence electrons. The summed E-state index contributed by atoms with van der Waals surface area (Å²) in [4.78, 5) is 26.6. The molecular weight excluding hydrogens is 503 g/mol. The molecule has 0 aliphatic carbocycles. The van der Waals surface area contributed by atoms with Crippen molar-refractivity contribution in [1.82, 2.24) is 0 Å². The molecule has 0 aliphatic heterocycles. The summed E-state index contributed by atoms with van der Waals surface area (Å²) in [5, 5.41) is 2.12. The smallest absolute Gasteiger partial charge is 0.418 e. The third-order valence-electron chi connectivity index (χ3n) is 5.62. The lowest BCUT2D eigenvalue weighted by molar-refractivity contribution is -0.137. The number of nitrogens with one attached hydrogen (secondary N) is 1. The molecule has 0 saturated heterocycles. The van der Waals surface area contributed by atoms with Gasteiger partial charge in [-0.3, -0.25) is 4.79 Å².